The normalized spacial score (nSPS) is 13.2. The van der Waals surface area contributed by atoms with E-state index in [2.05, 4.69) is 9.36 Å². The summed E-state index contributed by atoms with van der Waals surface area (Å²) >= 11 is 6.92. The SMILES string of the molecule is Cc1csc(C(NC(=O)c2s[nH]c(=O)c2Cl)C(F)(F)F)n1. The zero-order chi connectivity index (χ0) is 15.8. The zero-order valence-electron chi connectivity index (χ0n) is 10.2. The number of hydrogen-bond acceptors (Lipinski definition) is 5. The number of aryl methyl sites for hydroxylation is 1. The van der Waals surface area contributed by atoms with Crippen LogP contribution in [0.5, 0.6) is 0 Å². The highest BCUT2D eigenvalue weighted by Gasteiger charge is 2.44. The van der Waals surface area contributed by atoms with Crippen LogP contribution in [0.4, 0.5) is 13.2 Å². The molecule has 0 aliphatic heterocycles. The molecule has 1 amide bonds. The minimum Gasteiger partial charge on any atom is -0.334 e. The number of nitrogens with zero attached hydrogens (tertiary/aromatic N) is 1. The van der Waals surface area contributed by atoms with Gasteiger partial charge in [-0.2, -0.15) is 13.2 Å². The summed E-state index contributed by atoms with van der Waals surface area (Å²) in [4.78, 5) is 26.4. The maximum Gasteiger partial charge on any atom is 0.415 e. The molecule has 21 heavy (non-hydrogen) atoms. The molecule has 1 unspecified atom stereocenters. The number of thiazole rings is 1. The van der Waals surface area contributed by atoms with E-state index in [4.69, 9.17) is 11.6 Å². The lowest BCUT2D eigenvalue weighted by atomic mass is 10.3. The van der Waals surface area contributed by atoms with Crippen molar-refractivity contribution in [3.05, 3.63) is 36.3 Å². The van der Waals surface area contributed by atoms with E-state index in [1.807, 2.05) is 5.32 Å². The fourth-order valence-corrected chi connectivity index (χ4v) is 3.23. The number of hydrogen-bond donors (Lipinski definition) is 2. The van der Waals surface area contributed by atoms with Gasteiger partial charge in [-0.1, -0.05) is 23.1 Å². The Morgan fingerprint density at radius 3 is 2.62 bits per heavy atom. The molecule has 11 heteroatoms. The van der Waals surface area contributed by atoms with E-state index in [1.165, 1.54) is 5.38 Å². The summed E-state index contributed by atoms with van der Waals surface area (Å²) in [5.41, 5.74) is -0.302. The van der Waals surface area contributed by atoms with Gasteiger partial charge in [0.05, 0.1) is 0 Å². The minimum atomic E-state index is -4.71. The number of aromatic nitrogens is 2. The first kappa shape index (κ1) is 16.0. The Balaban J connectivity index is 2.30. The molecule has 2 N–H and O–H groups in total. The van der Waals surface area contributed by atoms with Gasteiger partial charge in [-0.3, -0.25) is 14.0 Å². The van der Waals surface area contributed by atoms with Crippen LogP contribution in [0.2, 0.25) is 5.02 Å². The van der Waals surface area contributed by atoms with Crippen LogP contribution in [0.15, 0.2) is 10.2 Å². The molecule has 0 aromatic carbocycles. The summed E-state index contributed by atoms with van der Waals surface area (Å²) in [5.74, 6) is -1.08. The van der Waals surface area contributed by atoms with Gasteiger partial charge in [0.2, 0.25) is 0 Å². The van der Waals surface area contributed by atoms with Crippen LogP contribution in [0.25, 0.3) is 0 Å². The van der Waals surface area contributed by atoms with Gasteiger partial charge in [0.25, 0.3) is 11.5 Å². The molecule has 0 spiro atoms. The monoisotopic (exact) mass is 357 g/mol. The number of aromatic amines is 1. The number of carbonyl (C=O) groups excluding carboxylic acids is 1. The largest absolute Gasteiger partial charge is 0.415 e. The van der Waals surface area contributed by atoms with E-state index in [-0.39, 0.29) is 9.88 Å². The van der Waals surface area contributed by atoms with Gasteiger partial charge in [-0.05, 0) is 6.92 Å². The summed E-state index contributed by atoms with van der Waals surface area (Å²) in [5, 5.41) is 2.53. The van der Waals surface area contributed by atoms with E-state index in [9.17, 15) is 22.8 Å². The molecule has 2 heterocycles. The maximum absolute atomic E-state index is 13.0. The van der Waals surface area contributed by atoms with Crippen LogP contribution in [-0.4, -0.2) is 21.4 Å². The smallest absolute Gasteiger partial charge is 0.334 e. The lowest BCUT2D eigenvalue weighted by Crippen LogP contribution is -2.38. The Kier molecular flexibility index (Phi) is 4.40. The fourth-order valence-electron chi connectivity index (χ4n) is 1.42. The molecule has 0 radical (unpaired) electrons. The first-order chi connectivity index (χ1) is 9.70. The molecule has 0 fully saturated rings. The van der Waals surface area contributed by atoms with Crippen LogP contribution >= 0.6 is 34.5 Å². The molecule has 0 saturated heterocycles. The summed E-state index contributed by atoms with van der Waals surface area (Å²) in [6.07, 6.45) is -4.71. The second kappa shape index (κ2) is 5.78. The van der Waals surface area contributed by atoms with Crippen molar-refractivity contribution in [2.75, 3.05) is 0 Å². The quantitative estimate of drug-likeness (QED) is 0.887. The average molecular weight is 358 g/mol. The molecule has 0 bridgehead atoms. The average Bonchev–Trinajstić information content (AvgIpc) is 2.93. The van der Waals surface area contributed by atoms with E-state index in [0.717, 1.165) is 11.3 Å². The van der Waals surface area contributed by atoms with E-state index >= 15 is 0 Å². The number of carbonyl (C=O) groups is 1. The molecular weight excluding hydrogens is 351 g/mol. The van der Waals surface area contributed by atoms with Crippen molar-refractivity contribution in [2.24, 2.45) is 0 Å². The van der Waals surface area contributed by atoms with Crippen LogP contribution < -0.4 is 10.9 Å². The van der Waals surface area contributed by atoms with Crippen LogP contribution in [-0.2, 0) is 0 Å². The molecular formula is C10H7ClF3N3O2S2. The number of alkyl halides is 3. The first-order valence-corrected chi connectivity index (χ1v) is 7.44. The predicted octanol–water partition coefficient (Wildman–Crippen LogP) is 2.89. The third-order valence-corrected chi connectivity index (χ3v) is 4.72. The Morgan fingerprint density at radius 2 is 2.19 bits per heavy atom. The highest BCUT2D eigenvalue weighted by atomic mass is 35.5. The van der Waals surface area contributed by atoms with Crippen LogP contribution in [0.3, 0.4) is 0 Å². The van der Waals surface area contributed by atoms with Crippen molar-refractivity contribution in [3.63, 3.8) is 0 Å². The highest BCUT2D eigenvalue weighted by molar-refractivity contribution is 7.10. The van der Waals surface area contributed by atoms with Crippen molar-refractivity contribution in [1.29, 1.82) is 0 Å². The summed E-state index contributed by atoms with van der Waals surface area (Å²) in [6, 6.07) is -2.25. The van der Waals surface area contributed by atoms with Crippen LogP contribution in [0.1, 0.15) is 26.4 Å². The lowest BCUT2D eigenvalue weighted by Gasteiger charge is -2.19. The second-order valence-electron chi connectivity index (χ2n) is 3.95. The molecule has 2 aromatic heterocycles. The molecule has 0 aliphatic rings. The first-order valence-electron chi connectivity index (χ1n) is 5.36. The molecule has 114 valence electrons. The topological polar surface area (TPSA) is 74.8 Å². The standard InChI is InChI=1S/C10H7ClF3N3O2S2/c1-3-2-20-9(15-3)6(10(12,13)14)16-8(19)5-4(11)7(18)17-21-5/h2,6H,1H3,(H,16,19)(H,17,18). The summed E-state index contributed by atoms with van der Waals surface area (Å²) in [7, 11) is 0. The molecule has 0 saturated carbocycles. The van der Waals surface area contributed by atoms with E-state index < -0.39 is 28.7 Å². The number of halogens is 4. The number of amides is 1. The van der Waals surface area contributed by atoms with Crippen molar-refractivity contribution >= 4 is 40.4 Å². The number of nitrogens with one attached hydrogen (secondary N) is 2. The Labute approximate surface area is 128 Å². The maximum atomic E-state index is 13.0. The van der Waals surface area contributed by atoms with Gasteiger partial charge in [-0.25, -0.2) is 4.98 Å². The van der Waals surface area contributed by atoms with Gasteiger partial charge in [0.15, 0.2) is 6.04 Å². The van der Waals surface area contributed by atoms with Crippen molar-refractivity contribution in [3.8, 4) is 0 Å². The van der Waals surface area contributed by atoms with Gasteiger partial charge < -0.3 is 5.32 Å². The fraction of sp³-hybridized carbons (Fsp3) is 0.300. The van der Waals surface area contributed by atoms with Crippen molar-refractivity contribution in [2.45, 2.75) is 19.1 Å². The molecule has 5 nitrogen and oxygen atoms in total. The zero-order valence-corrected chi connectivity index (χ0v) is 12.6. The van der Waals surface area contributed by atoms with Gasteiger partial charge in [0, 0.05) is 11.1 Å². The number of H-pyrrole nitrogens is 1. The Hall–Kier alpha value is -1.39. The Bertz CT molecular complexity index is 722. The molecule has 1 atom stereocenters. The third kappa shape index (κ3) is 3.44. The van der Waals surface area contributed by atoms with Gasteiger partial charge in [-0.15, -0.1) is 11.3 Å². The summed E-state index contributed by atoms with van der Waals surface area (Å²) < 4.78 is 41.3. The van der Waals surface area contributed by atoms with E-state index in [1.54, 1.807) is 6.92 Å². The number of rotatable bonds is 3. The van der Waals surface area contributed by atoms with Gasteiger partial charge >= 0.3 is 6.18 Å². The Morgan fingerprint density at radius 1 is 1.52 bits per heavy atom. The van der Waals surface area contributed by atoms with Crippen LogP contribution in [0, 0.1) is 6.92 Å². The molecule has 2 aromatic rings. The highest BCUT2D eigenvalue weighted by Crippen LogP contribution is 2.34. The summed E-state index contributed by atoms with van der Waals surface area (Å²) in [6.45, 7) is 1.55. The van der Waals surface area contributed by atoms with Gasteiger partial charge in [0.1, 0.15) is 14.9 Å². The lowest BCUT2D eigenvalue weighted by molar-refractivity contribution is -0.155. The van der Waals surface area contributed by atoms with E-state index in [0.29, 0.717) is 17.2 Å². The van der Waals surface area contributed by atoms with Crippen molar-refractivity contribution < 1.29 is 18.0 Å². The molecule has 2 rings (SSSR count). The predicted molar refractivity (Wildman–Crippen MR) is 73.1 cm³/mol. The van der Waals surface area contributed by atoms with Crippen molar-refractivity contribution in [1.82, 2.24) is 14.7 Å². The minimum absolute atomic E-state index is 0.285. The molecule has 0 aliphatic carbocycles. The second-order valence-corrected chi connectivity index (χ2v) is 6.04. The third-order valence-electron chi connectivity index (χ3n) is 2.34.